The van der Waals surface area contributed by atoms with Crippen molar-refractivity contribution >= 4 is 5.91 Å². The molecule has 1 aliphatic heterocycles. The van der Waals surface area contributed by atoms with Gasteiger partial charge in [0.05, 0.1) is 0 Å². The van der Waals surface area contributed by atoms with Gasteiger partial charge in [0, 0.05) is 25.0 Å². The molecule has 6 heteroatoms. The summed E-state index contributed by atoms with van der Waals surface area (Å²) >= 11 is 0. The first-order valence-electron chi connectivity index (χ1n) is 6.98. The molecule has 6 nitrogen and oxygen atoms in total. The summed E-state index contributed by atoms with van der Waals surface area (Å²) in [5.41, 5.74) is 0. The lowest BCUT2D eigenvalue weighted by Gasteiger charge is -2.31. The summed E-state index contributed by atoms with van der Waals surface area (Å²) in [6.07, 6.45) is 4.43. The van der Waals surface area contributed by atoms with Crippen LogP contribution in [-0.2, 0) is 9.53 Å². The van der Waals surface area contributed by atoms with E-state index in [-0.39, 0.29) is 23.8 Å². The number of aromatic nitrogens is 3. The molecule has 2 heterocycles. The molecule has 2 fully saturated rings. The van der Waals surface area contributed by atoms with Crippen LogP contribution in [-0.4, -0.2) is 34.2 Å². The number of carbonyl (C=O) groups is 1. The second-order valence-corrected chi connectivity index (χ2v) is 5.73. The van der Waals surface area contributed by atoms with Crippen molar-refractivity contribution in [2.24, 2.45) is 17.8 Å². The number of nitrogens with zero attached hydrogens (tertiary/aromatic N) is 2. The third-order valence-electron chi connectivity index (χ3n) is 4.20. The molecule has 19 heavy (non-hydrogen) atoms. The van der Waals surface area contributed by atoms with Gasteiger partial charge in [-0.2, -0.15) is 5.10 Å². The molecule has 3 rings (SSSR count). The van der Waals surface area contributed by atoms with Gasteiger partial charge < -0.3 is 10.1 Å². The van der Waals surface area contributed by atoms with E-state index < -0.39 is 0 Å². The van der Waals surface area contributed by atoms with Crippen molar-refractivity contribution in [3.63, 3.8) is 0 Å². The maximum Gasteiger partial charge on any atom is 0.223 e. The van der Waals surface area contributed by atoms with E-state index in [0.717, 1.165) is 25.1 Å². The highest BCUT2D eigenvalue weighted by molar-refractivity contribution is 5.79. The number of H-pyrrole nitrogens is 1. The average molecular weight is 264 g/mol. The normalized spacial score (nSPS) is 33.9. The quantitative estimate of drug-likeness (QED) is 0.851. The molecule has 1 aromatic rings. The van der Waals surface area contributed by atoms with Crippen LogP contribution in [0.4, 0.5) is 0 Å². The van der Waals surface area contributed by atoms with Gasteiger partial charge in [-0.1, -0.05) is 6.92 Å². The topological polar surface area (TPSA) is 79.9 Å². The molecule has 1 amide bonds. The summed E-state index contributed by atoms with van der Waals surface area (Å²) in [4.78, 5) is 16.1. The molecular formula is C13H20N4O2. The van der Waals surface area contributed by atoms with Crippen molar-refractivity contribution in [1.82, 2.24) is 20.5 Å². The predicted octanol–water partition coefficient (Wildman–Crippen LogP) is 1.04. The number of hydrogen-bond acceptors (Lipinski definition) is 4. The van der Waals surface area contributed by atoms with E-state index in [0.29, 0.717) is 19.1 Å². The van der Waals surface area contributed by atoms with Crippen LogP contribution in [0.3, 0.4) is 0 Å². The van der Waals surface area contributed by atoms with Crippen LogP contribution < -0.4 is 5.32 Å². The minimum absolute atomic E-state index is 0.0666. The summed E-state index contributed by atoms with van der Waals surface area (Å²) in [6.45, 7) is 3.57. The predicted molar refractivity (Wildman–Crippen MR) is 68.1 cm³/mol. The summed E-state index contributed by atoms with van der Waals surface area (Å²) in [6, 6.07) is 0. The van der Waals surface area contributed by atoms with Gasteiger partial charge in [-0.25, -0.2) is 4.98 Å². The first-order valence-corrected chi connectivity index (χ1v) is 6.98. The summed E-state index contributed by atoms with van der Waals surface area (Å²) in [5, 5.41) is 9.76. The Morgan fingerprint density at radius 2 is 2.42 bits per heavy atom. The number of ether oxygens (including phenoxy) is 1. The Labute approximate surface area is 112 Å². The van der Waals surface area contributed by atoms with Crippen molar-refractivity contribution in [2.45, 2.75) is 32.3 Å². The van der Waals surface area contributed by atoms with Crippen molar-refractivity contribution in [2.75, 3.05) is 13.2 Å². The largest absolute Gasteiger partial charge is 0.370 e. The van der Waals surface area contributed by atoms with Crippen LogP contribution in [0.5, 0.6) is 0 Å². The number of hydrogen-bond donors (Lipinski definition) is 2. The molecule has 2 N–H and O–H groups in total. The fourth-order valence-electron chi connectivity index (χ4n) is 2.99. The molecule has 0 spiro atoms. The minimum Gasteiger partial charge on any atom is -0.370 e. The van der Waals surface area contributed by atoms with Crippen molar-refractivity contribution in [3.8, 4) is 0 Å². The molecular weight excluding hydrogens is 244 g/mol. The second-order valence-electron chi connectivity index (χ2n) is 5.73. The molecule has 0 unspecified atom stereocenters. The summed E-state index contributed by atoms with van der Waals surface area (Å²) < 4.78 is 5.68. The SMILES string of the molecule is CC1CC(C(=O)NC[C@@H]2CCO[C@@H]2c2ncn[nH]2)C1. The first-order chi connectivity index (χ1) is 9.24. The molecule has 2 atom stereocenters. The van der Waals surface area contributed by atoms with Gasteiger partial charge in [-0.05, 0) is 25.2 Å². The molecule has 104 valence electrons. The van der Waals surface area contributed by atoms with Crippen molar-refractivity contribution in [3.05, 3.63) is 12.2 Å². The van der Waals surface area contributed by atoms with Crippen LogP contribution in [0, 0.1) is 17.8 Å². The Hall–Kier alpha value is -1.43. The van der Waals surface area contributed by atoms with E-state index in [1.807, 2.05) is 0 Å². The molecule has 1 aromatic heterocycles. The van der Waals surface area contributed by atoms with Gasteiger partial charge >= 0.3 is 0 Å². The fraction of sp³-hybridized carbons (Fsp3) is 0.769. The lowest BCUT2D eigenvalue weighted by atomic mass is 9.75. The standard InChI is InChI=1S/C13H20N4O2/c1-8-4-10(5-8)13(18)14-6-9-2-3-19-11(9)12-15-7-16-17-12/h7-11H,2-6H2,1H3,(H,14,18)(H,15,16,17)/t8?,9-,10?,11-/m0/s1. The highest BCUT2D eigenvalue weighted by atomic mass is 16.5. The Morgan fingerprint density at radius 1 is 1.58 bits per heavy atom. The molecule has 2 aliphatic rings. The third-order valence-corrected chi connectivity index (χ3v) is 4.20. The smallest absolute Gasteiger partial charge is 0.223 e. The van der Waals surface area contributed by atoms with E-state index in [1.54, 1.807) is 0 Å². The van der Waals surface area contributed by atoms with Gasteiger partial charge in [0.2, 0.25) is 5.91 Å². The van der Waals surface area contributed by atoms with E-state index in [4.69, 9.17) is 4.74 Å². The van der Waals surface area contributed by atoms with Crippen LogP contribution in [0.25, 0.3) is 0 Å². The maximum atomic E-state index is 11.9. The first kappa shape index (κ1) is 12.6. The monoisotopic (exact) mass is 264 g/mol. The summed E-state index contributed by atoms with van der Waals surface area (Å²) in [5.74, 6) is 2.17. The van der Waals surface area contributed by atoms with E-state index in [2.05, 4.69) is 27.4 Å². The lowest BCUT2D eigenvalue weighted by molar-refractivity contribution is -0.129. The van der Waals surface area contributed by atoms with Crippen LogP contribution in [0.2, 0.25) is 0 Å². The fourth-order valence-corrected chi connectivity index (χ4v) is 2.99. The zero-order valence-corrected chi connectivity index (χ0v) is 11.1. The number of rotatable bonds is 4. The maximum absolute atomic E-state index is 11.9. The highest BCUT2D eigenvalue weighted by Gasteiger charge is 2.34. The second kappa shape index (κ2) is 5.28. The van der Waals surface area contributed by atoms with E-state index >= 15 is 0 Å². The zero-order chi connectivity index (χ0) is 13.2. The Balaban J connectivity index is 1.50. The van der Waals surface area contributed by atoms with E-state index in [9.17, 15) is 4.79 Å². The average Bonchev–Trinajstić information content (AvgIpc) is 3.01. The van der Waals surface area contributed by atoms with E-state index in [1.165, 1.54) is 6.33 Å². The van der Waals surface area contributed by atoms with Gasteiger partial charge in [0.15, 0.2) is 5.82 Å². The molecule has 0 aromatic carbocycles. The third kappa shape index (κ3) is 2.63. The molecule has 1 saturated carbocycles. The van der Waals surface area contributed by atoms with Gasteiger partial charge in [0.25, 0.3) is 0 Å². The van der Waals surface area contributed by atoms with Gasteiger partial charge in [-0.3, -0.25) is 9.89 Å². The minimum atomic E-state index is -0.0666. The highest BCUT2D eigenvalue weighted by Crippen LogP contribution is 2.34. The lowest BCUT2D eigenvalue weighted by Crippen LogP contribution is -2.40. The Kier molecular flexibility index (Phi) is 3.50. The number of nitrogens with one attached hydrogen (secondary N) is 2. The van der Waals surface area contributed by atoms with Gasteiger partial charge in [0.1, 0.15) is 12.4 Å². The van der Waals surface area contributed by atoms with Crippen molar-refractivity contribution < 1.29 is 9.53 Å². The number of amides is 1. The Morgan fingerprint density at radius 3 is 3.11 bits per heavy atom. The van der Waals surface area contributed by atoms with Gasteiger partial charge in [-0.15, -0.1) is 0 Å². The van der Waals surface area contributed by atoms with Crippen LogP contribution in [0.1, 0.15) is 38.1 Å². The van der Waals surface area contributed by atoms with Crippen molar-refractivity contribution in [1.29, 1.82) is 0 Å². The molecule has 0 radical (unpaired) electrons. The Bertz CT molecular complexity index is 428. The van der Waals surface area contributed by atoms with Crippen LogP contribution in [0.15, 0.2) is 6.33 Å². The number of carbonyl (C=O) groups excluding carboxylic acids is 1. The molecule has 1 saturated heterocycles. The zero-order valence-electron chi connectivity index (χ0n) is 11.1. The molecule has 1 aliphatic carbocycles. The summed E-state index contributed by atoms with van der Waals surface area (Å²) in [7, 11) is 0. The van der Waals surface area contributed by atoms with Crippen LogP contribution >= 0.6 is 0 Å². The molecule has 0 bridgehead atoms. The number of aromatic amines is 1.